The van der Waals surface area contributed by atoms with Crippen LogP contribution < -0.4 is 25.5 Å². The number of carboxylic acid groups (broad SMARTS) is 5. The van der Waals surface area contributed by atoms with Gasteiger partial charge in [-0.1, -0.05) is 305 Å². The van der Waals surface area contributed by atoms with Gasteiger partial charge in [-0.3, -0.25) is 5.26 Å². The summed E-state index contributed by atoms with van der Waals surface area (Å²) in [5.41, 5.74) is 0. The summed E-state index contributed by atoms with van der Waals surface area (Å²) in [6, 6.07) is 0. The van der Waals surface area contributed by atoms with Gasteiger partial charge in [0.05, 0.1) is 6.61 Å². The van der Waals surface area contributed by atoms with Crippen molar-refractivity contribution in [1.29, 1.82) is 0 Å². The van der Waals surface area contributed by atoms with E-state index in [9.17, 15) is 49.5 Å². The second-order valence-electron chi connectivity index (χ2n) is 24.5. The number of carbonyl (C=O) groups excluding carboxylic acids is 5. The molecule has 0 aromatic rings. The molecular weight excluding hydrogens is 1340 g/mol. The van der Waals surface area contributed by atoms with Crippen LogP contribution in [0.4, 0.5) is 0 Å². The summed E-state index contributed by atoms with van der Waals surface area (Å²) >= 11 is 1.83. The molecule has 0 aliphatic heterocycles. The maximum absolute atomic E-state index is 10.1. The number of unbranched alkanes of at least 4 members (excludes halogenated alkanes) is 44. The Morgan fingerprint density at radius 3 is 0.522 bits per heavy atom. The molecule has 536 valence electrons. The van der Waals surface area contributed by atoms with E-state index in [4.69, 9.17) is 5.26 Å². The molecule has 1 N–H and O–H groups in total. The third-order valence-electron chi connectivity index (χ3n) is 15.0. The molecule has 0 rings (SSSR count). The van der Waals surface area contributed by atoms with Gasteiger partial charge in [-0.15, -0.1) is 0 Å². The van der Waals surface area contributed by atoms with E-state index < -0.39 is 29.8 Å². The first-order valence-corrected chi connectivity index (χ1v) is 44.3. The molecule has 0 amide bonds. The van der Waals surface area contributed by atoms with Gasteiger partial charge in [0.15, 0.2) is 0 Å². The number of aliphatic carboxylic acids is 5. The Balaban J connectivity index is -0.000000145. The predicted molar refractivity (Wildman–Crippen MR) is 378 cm³/mol. The van der Waals surface area contributed by atoms with Crippen LogP contribution in [0, 0.1) is 0 Å². The molecule has 90 heavy (non-hydrogen) atoms. The van der Waals surface area contributed by atoms with Crippen molar-refractivity contribution in [3.63, 3.8) is 0 Å². The van der Waals surface area contributed by atoms with Crippen LogP contribution in [0.3, 0.4) is 0 Å². The van der Waals surface area contributed by atoms with Gasteiger partial charge in [-0.2, -0.15) is 0 Å². The van der Waals surface area contributed by atoms with Gasteiger partial charge in [-0.25, -0.2) is 4.89 Å². The Bertz CT molecular complexity index is 1080. The van der Waals surface area contributed by atoms with Gasteiger partial charge in [0, 0.05) is 29.8 Å². The molecule has 0 bridgehead atoms. The fourth-order valence-corrected chi connectivity index (χ4v) is 14.2. The second-order valence-corrected chi connectivity index (χ2v) is 30.2. The number of rotatable bonds is 61. The molecule has 0 radical (unpaired) electrons. The third-order valence-corrected chi connectivity index (χ3v) is 20.0. The Labute approximate surface area is 583 Å². The molecular formula is C76H152O12Sn2. The van der Waals surface area contributed by atoms with Crippen molar-refractivity contribution in [2.75, 3.05) is 6.61 Å². The van der Waals surface area contributed by atoms with E-state index >= 15 is 0 Å². The van der Waals surface area contributed by atoms with Gasteiger partial charge >= 0.3 is 116 Å². The molecule has 0 aliphatic rings. The summed E-state index contributed by atoms with van der Waals surface area (Å²) in [5.74, 6) is -4.55. The van der Waals surface area contributed by atoms with Gasteiger partial charge in [-0.05, 0) is 70.6 Å². The number of carbonyl (C=O) groups is 5. The van der Waals surface area contributed by atoms with Gasteiger partial charge in [0.25, 0.3) is 0 Å². The molecule has 0 unspecified atom stereocenters. The maximum atomic E-state index is 10.1. The van der Waals surface area contributed by atoms with Gasteiger partial charge in [0.1, 0.15) is 0 Å². The first-order chi connectivity index (χ1) is 43.6. The molecule has 14 heteroatoms. The van der Waals surface area contributed by atoms with E-state index in [2.05, 4.69) is 60.3 Å². The monoisotopic (exact) mass is 1500 g/mol. The second kappa shape index (κ2) is 109. The third kappa shape index (κ3) is 152. The van der Waals surface area contributed by atoms with Crippen molar-refractivity contribution >= 4 is 73.5 Å². The van der Waals surface area contributed by atoms with Crippen LogP contribution in [-0.4, -0.2) is 85.4 Å². The summed E-state index contributed by atoms with van der Waals surface area (Å²) in [6.45, 7) is 20.4. The number of carboxylic acids is 5. The molecule has 0 saturated heterocycles. The summed E-state index contributed by atoms with van der Waals surface area (Å²) in [5, 5.41) is 58.2. The summed E-state index contributed by atoms with van der Waals surface area (Å²) < 4.78 is 4.68. The molecule has 12 nitrogen and oxygen atoms in total. The topological polar surface area (TPSA) is 230 Å². The van der Waals surface area contributed by atoms with Crippen LogP contribution in [0.25, 0.3) is 0 Å². The van der Waals surface area contributed by atoms with Crippen molar-refractivity contribution in [3.05, 3.63) is 0 Å². The molecule has 0 atom stereocenters. The number of hydrogen-bond acceptors (Lipinski definition) is 12. The van der Waals surface area contributed by atoms with Crippen LogP contribution >= 0.6 is 0 Å². The fourth-order valence-electron chi connectivity index (χ4n) is 9.01. The minimum absolute atomic E-state index is 0.149. The summed E-state index contributed by atoms with van der Waals surface area (Å²) in [6.07, 6.45) is 66.5. The zero-order valence-corrected chi connectivity index (χ0v) is 67.0. The van der Waals surface area contributed by atoms with Crippen LogP contribution in [-0.2, 0) is 28.9 Å². The molecule has 0 spiro atoms. The molecule has 0 aromatic heterocycles. The van der Waals surface area contributed by atoms with Crippen molar-refractivity contribution in [1.82, 2.24) is 0 Å². The average molecular weight is 1500 g/mol. The molecule has 0 heterocycles. The first kappa shape index (κ1) is 105. The minimum atomic E-state index is -0.909. The molecule has 0 aliphatic carbocycles. The van der Waals surface area contributed by atoms with E-state index in [0.717, 1.165) is 77.0 Å². The Kier molecular flexibility index (Phi) is 127. The first-order valence-electron chi connectivity index (χ1n) is 38.2. The zero-order valence-electron chi connectivity index (χ0n) is 61.3. The van der Waals surface area contributed by atoms with Crippen LogP contribution in [0.5, 0.6) is 0 Å². The van der Waals surface area contributed by atoms with E-state index in [1.165, 1.54) is 268 Å². The number of hydrogen-bond donors (Lipinski definition) is 1. The van der Waals surface area contributed by atoms with Gasteiger partial charge in [0.2, 0.25) is 0 Å². The Hall–Kier alpha value is -1.13. The SMILES string of the molecule is CCCCCCCCCCCC(=O)[O-].CCCCCCCCCCCC(=O)[O-].CCCCCCCCCCCC(=O)[O-].CCCCCCCCCCCC(=O)[O-].CCCCCCCCCCCC(=O)[O-].CCCCOO.CCC[CH2][Sn+2][CH2]CCC.CCC[CH2][Sn+3]. The van der Waals surface area contributed by atoms with Crippen LogP contribution in [0.2, 0.25) is 13.3 Å². The van der Waals surface area contributed by atoms with Crippen molar-refractivity contribution < 1.29 is 59.7 Å². The zero-order chi connectivity index (χ0) is 69.1. The van der Waals surface area contributed by atoms with E-state index in [0.29, 0.717) is 6.61 Å². The molecule has 0 saturated carbocycles. The van der Waals surface area contributed by atoms with E-state index in [1.54, 1.807) is 31.4 Å². The Morgan fingerprint density at radius 1 is 0.256 bits per heavy atom. The van der Waals surface area contributed by atoms with Crippen LogP contribution in [0.15, 0.2) is 0 Å². The summed E-state index contributed by atoms with van der Waals surface area (Å²) in [4.78, 5) is 54.3. The summed E-state index contributed by atoms with van der Waals surface area (Å²) in [7, 11) is 0. The standard InChI is InChI=1S/5C12H24O2.C4H10O2.3C4H9.2Sn/c5*1-2-3-4-5-6-7-8-9-10-11-12(13)14;1-2-3-4-6-5;3*1-3-4-2;;/h5*2-11H2,1H3,(H,13,14);5H,2-4H2,1H3;3*1,3-4H2,2H3;;/q;;;;;;;;;+2;+3/p-5. The van der Waals surface area contributed by atoms with E-state index in [1.807, 2.05) is 6.92 Å². The molecule has 0 fully saturated rings. The van der Waals surface area contributed by atoms with Crippen molar-refractivity contribution in [3.8, 4) is 0 Å². The van der Waals surface area contributed by atoms with Gasteiger partial charge < -0.3 is 49.5 Å². The fraction of sp³-hybridized carbons (Fsp3) is 0.934. The average Bonchev–Trinajstić information content (AvgIpc) is 3.52. The van der Waals surface area contributed by atoms with Crippen molar-refractivity contribution in [2.45, 2.75) is 448 Å². The predicted octanol–water partition coefficient (Wildman–Crippen LogP) is 19.1. The van der Waals surface area contributed by atoms with Crippen LogP contribution in [0.1, 0.15) is 435 Å². The van der Waals surface area contributed by atoms with E-state index in [-0.39, 0.29) is 53.2 Å². The normalized spacial score (nSPS) is 10.0. The van der Waals surface area contributed by atoms with Crippen molar-refractivity contribution in [2.24, 2.45) is 0 Å². The molecule has 0 aromatic carbocycles. The Morgan fingerprint density at radius 2 is 0.411 bits per heavy atom. The quantitative estimate of drug-likeness (QED) is 0.0259.